The van der Waals surface area contributed by atoms with Crippen LogP contribution in [-0.2, 0) is 6.42 Å². The first-order valence-electron chi connectivity index (χ1n) is 9.05. The standard InChI is InChI=1S/C19H17F2N5O/c20-13-5-4-12-11(9-15(27)24-18(12)16(13)21)8-14-17(10-2-1-3-10)25-19-22-6-7-23-26(14)19/h4-7,9-10,14,17H,1-3,8H2,(H,24,27). The van der Waals surface area contributed by atoms with Crippen molar-refractivity contribution in [2.45, 2.75) is 37.8 Å². The average Bonchev–Trinajstić information content (AvgIpc) is 2.95. The van der Waals surface area contributed by atoms with Crippen molar-refractivity contribution < 1.29 is 8.78 Å². The Morgan fingerprint density at radius 1 is 1.22 bits per heavy atom. The van der Waals surface area contributed by atoms with Gasteiger partial charge in [-0.3, -0.25) is 4.79 Å². The zero-order valence-corrected chi connectivity index (χ0v) is 14.4. The summed E-state index contributed by atoms with van der Waals surface area (Å²) in [6.07, 6.45) is 7.07. The molecule has 1 aliphatic carbocycles. The van der Waals surface area contributed by atoms with Gasteiger partial charge in [0.05, 0.1) is 30.0 Å². The molecule has 0 bridgehead atoms. The number of hydrogen-bond acceptors (Lipinski definition) is 5. The van der Waals surface area contributed by atoms with E-state index >= 15 is 0 Å². The third kappa shape index (κ3) is 2.58. The van der Waals surface area contributed by atoms with Crippen LogP contribution in [-0.4, -0.2) is 40.5 Å². The van der Waals surface area contributed by atoms with E-state index in [-0.39, 0.29) is 17.6 Å². The highest BCUT2D eigenvalue weighted by atomic mass is 19.2. The second kappa shape index (κ2) is 6.07. The Bertz CT molecular complexity index is 1070. The van der Waals surface area contributed by atoms with Crippen LogP contribution in [0.15, 0.2) is 38.1 Å². The Hall–Kier alpha value is -2.90. The molecule has 2 aliphatic heterocycles. The second-order valence-corrected chi connectivity index (χ2v) is 7.21. The molecule has 1 aromatic heterocycles. The van der Waals surface area contributed by atoms with Gasteiger partial charge in [-0.1, -0.05) is 6.42 Å². The van der Waals surface area contributed by atoms with Crippen molar-refractivity contribution >= 4 is 29.3 Å². The highest BCUT2D eigenvalue weighted by Gasteiger charge is 2.43. The van der Waals surface area contributed by atoms with Crippen LogP contribution in [0.5, 0.6) is 0 Å². The number of H-pyrrole nitrogens is 1. The monoisotopic (exact) mass is 369 g/mol. The summed E-state index contributed by atoms with van der Waals surface area (Å²) in [5, 5.41) is 6.69. The fourth-order valence-electron chi connectivity index (χ4n) is 4.14. The Morgan fingerprint density at radius 3 is 2.85 bits per heavy atom. The first-order valence-corrected chi connectivity index (χ1v) is 9.05. The van der Waals surface area contributed by atoms with Crippen LogP contribution >= 0.6 is 0 Å². The normalized spacial score (nSPS) is 24.2. The molecule has 8 heteroatoms. The Morgan fingerprint density at radius 2 is 2.07 bits per heavy atom. The van der Waals surface area contributed by atoms with E-state index in [9.17, 15) is 13.6 Å². The fraction of sp³-hybridized carbons (Fsp3) is 0.368. The van der Waals surface area contributed by atoms with Crippen molar-refractivity contribution in [3.05, 3.63) is 45.8 Å². The third-order valence-electron chi connectivity index (χ3n) is 5.68. The summed E-state index contributed by atoms with van der Waals surface area (Å²) in [5.74, 6) is -0.984. The van der Waals surface area contributed by atoms with Crippen LogP contribution < -0.4 is 5.56 Å². The molecule has 0 spiro atoms. The molecule has 2 aromatic rings. The van der Waals surface area contributed by atoms with Gasteiger partial charge in [-0.25, -0.2) is 23.8 Å². The van der Waals surface area contributed by atoms with Crippen molar-refractivity contribution in [2.75, 3.05) is 0 Å². The molecule has 1 fully saturated rings. The van der Waals surface area contributed by atoms with Crippen molar-refractivity contribution in [2.24, 2.45) is 21.0 Å². The van der Waals surface area contributed by atoms with Crippen molar-refractivity contribution in [3.8, 4) is 0 Å². The largest absolute Gasteiger partial charge is 0.319 e. The second-order valence-electron chi connectivity index (χ2n) is 7.21. The van der Waals surface area contributed by atoms with Gasteiger partial charge < -0.3 is 4.98 Å². The van der Waals surface area contributed by atoms with Crippen LogP contribution in [0.2, 0.25) is 0 Å². The molecule has 1 N–H and O–H groups in total. The predicted molar refractivity (Wildman–Crippen MR) is 99.4 cm³/mol. The SMILES string of the molecule is O=c1cc(CC2C(C3CCC3)N=C3N=CC=NN32)c2ccc(F)c(F)c2[nH]1. The van der Waals surface area contributed by atoms with Gasteiger partial charge in [0.25, 0.3) is 0 Å². The van der Waals surface area contributed by atoms with Gasteiger partial charge in [-0.15, -0.1) is 0 Å². The van der Waals surface area contributed by atoms with E-state index in [2.05, 4.69) is 15.1 Å². The molecular weight excluding hydrogens is 352 g/mol. The van der Waals surface area contributed by atoms with Gasteiger partial charge in [0.15, 0.2) is 11.6 Å². The molecule has 2 unspecified atom stereocenters. The lowest BCUT2D eigenvalue weighted by Gasteiger charge is -2.35. The summed E-state index contributed by atoms with van der Waals surface area (Å²) in [6.45, 7) is 0. The number of aromatic amines is 1. The lowest BCUT2D eigenvalue weighted by Crippen LogP contribution is -2.43. The zero-order valence-electron chi connectivity index (χ0n) is 14.4. The summed E-state index contributed by atoms with van der Waals surface area (Å²) in [4.78, 5) is 23.5. The quantitative estimate of drug-likeness (QED) is 0.903. The van der Waals surface area contributed by atoms with Crippen LogP contribution in [0.3, 0.4) is 0 Å². The predicted octanol–water partition coefficient (Wildman–Crippen LogP) is 2.63. The van der Waals surface area contributed by atoms with Gasteiger partial charge in [0.1, 0.15) is 0 Å². The number of hydrogen-bond donors (Lipinski definition) is 1. The maximum absolute atomic E-state index is 14.2. The highest BCUT2D eigenvalue weighted by Crippen LogP contribution is 2.38. The maximum atomic E-state index is 14.2. The fourth-order valence-corrected chi connectivity index (χ4v) is 4.14. The summed E-state index contributed by atoms with van der Waals surface area (Å²) >= 11 is 0. The van der Waals surface area contributed by atoms with E-state index in [4.69, 9.17) is 4.99 Å². The van der Waals surface area contributed by atoms with E-state index in [1.54, 1.807) is 17.4 Å². The van der Waals surface area contributed by atoms with Crippen molar-refractivity contribution in [1.82, 2.24) is 9.99 Å². The van der Waals surface area contributed by atoms with Gasteiger partial charge in [-0.05, 0) is 42.9 Å². The summed E-state index contributed by atoms with van der Waals surface area (Å²) in [6, 6.07) is 3.97. The molecule has 3 aliphatic rings. The summed E-state index contributed by atoms with van der Waals surface area (Å²) in [5.41, 5.74) is 0.0988. The number of fused-ring (bicyclic) bond motifs is 2. The van der Waals surface area contributed by atoms with Crippen LogP contribution in [0.4, 0.5) is 8.78 Å². The molecule has 27 heavy (non-hydrogen) atoms. The number of nitrogens with one attached hydrogen (secondary N) is 1. The van der Waals surface area contributed by atoms with Gasteiger partial charge in [-0.2, -0.15) is 5.10 Å². The van der Waals surface area contributed by atoms with Gasteiger partial charge >= 0.3 is 0 Å². The molecule has 0 saturated heterocycles. The molecule has 1 saturated carbocycles. The molecule has 1 aromatic carbocycles. The molecule has 6 nitrogen and oxygen atoms in total. The van der Waals surface area contributed by atoms with Crippen LogP contribution in [0, 0.1) is 17.6 Å². The molecule has 138 valence electrons. The van der Waals surface area contributed by atoms with E-state index in [1.807, 2.05) is 0 Å². The Kier molecular flexibility index (Phi) is 3.66. The van der Waals surface area contributed by atoms with Gasteiger partial charge in [0.2, 0.25) is 11.5 Å². The minimum absolute atomic E-state index is 0.0285. The minimum Gasteiger partial charge on any atom is -0.319 e. The number of pyridine rings is 1. The number of guanidine groups is 1. The van der Waals surface area contributed by atoms with Gasteiger partial charge in [0, 0.05) is 11.5 Å². The number of hydrazone groups is 1. The Balaban J connectivity index is 1.58. The minimum atomic E-state index is -1.04. The number of nitrogens with zero attached hydrogens (tertiary/aromatic N) is 4. The number of benzene rings is 1. The first kappa shape index (κ1) is 16.3. The highest BCUT2D eigenvalue weighted by molar-refractivity contribution is 6.20. The first-order chi connectivity index (χ1) is 13.1. The number of halogens is 2. The maximum Gasteiger partial charge on any atom is 0.248 e. The molecule has 0 radical (unpaired) electrons. The third-order valence-corrected chi connectivity index (χ3v) is 5.68. The molecule has 5 rings (SSSR count). The zero-order chi connectivity index (χ0) is 18.5. The summed E-state index contributed by atoms with van der Waals surface area (Å²) in [7, 11) is 0. The summed E-state index contributed by atoms with van der Waals surface area (Å²) < 4.78 is 27.8. The molecule has 0 amide bonds. The lowest BCUT2D eigenvalue weighted by molar-refractivity contribution is 0.195. The van der Waals surface area contributed by atoms with Crippen molar-refractivity contribution in [3.63, 3.8) is 0 Å². The number of aliphatic imine (C=N–C) groups is 2. The van der Waals surface area contributed by atoms with Crippen molar-refractivity contribution in [1.29, 1.82) is 0 Å². The topological polar surface area (TPSA) is 73.2 Å². The smallest absolute Gasteiger partial charge is 0.248 e. The molecule has 2 atom stereocenters. The van der Waals surface area contributed by atoms with E-state index < -0.39 is 17.2 Å². The Labute approximate surface area is 153 Å². The lowest BCUT2D eigenvalue weighted by atomic mass is 9.76. The average molecular weight is 369 g/mol. The molecular formula is C19H17F2N5O. The van der Waals surface area contributed by atoms with E-state index in [0.29, 0.717) is 29.2 Å². The van der Waals surface area contributed by atoms with E-state index in [0.717, 1.165) is 18.9 Å². The van der Waals surface area contributed by atoms with Crippen LogP contribution in [0.25, 0.3) is 10.9 Å². The van der Waals surface area contributed by atoms with E-state index in [1.165, 1.54) is 18.6 Å². The van der Waals surface area contributed by atoms with Crippen LogP contribution in [0.1, 0.15) is 24.8 Å². The molecule has 3 heterocycles. The number of rotatable bonds is 3. The number of aromatic nitrogens is 1.